The fraction of sp³-hybridized carbons (Fsp3) is 0.350. The third kappa shape index (κ3) is 2.67. The summed E-state index contributed by atoms with van der Waals surface area (Å²) in [5.74, 6) is 0. The molecule has 3 aromatic rings. The quantitative estimate of drug-likeness (QED) is 0.691. The van der Waals surface area contributed by atoms with Crippen molar-refractivity contribution in [3.05, 3.63) is 48.0 Å². The van der Waals surface area contributed by atoms with Crippen LogP contribution in [0.3, 0.4) is 0 Å². The highest BCUT2D eigenvalue weighted by Gasteiger charge is 2.11. The van der Waals surface area contributed by atoms with Crippen molar-refractivity contribution in [3.63, 3.8) is 0 Å². The molecular formula is C20H24N4. The van der Waals surface area contributed by atoms with Gasteiger partial charge in [0.2, 0.25) is 0 Å². The van der Waals surface area contributed by atoms with E-state index in [-0.39, 0.29) is 0 Å². The molecule has 0 radical (unpaired) electrons. The van der Waals surface area contributed by atoms with Crippen LogP contribution in [-0.2, 0) is 6.54 Å². The lowest BCUT2D eigenvalue weighted by atomic mass is 10.1. The standard InChI is InChI=1S/C20H24N4/c1-3-24-19-7-5-4-6-17(19)18-14-16(8-9-20(18)24)15-21-23-12-10-22(2)11-13-23/h4-9,14-15H,3,10-13H2,1-2H3/b21-15+. The summed E-state index contributed by atoms with van der Waals surface area (Å²) < 4.78 is 2.38. The summed E-state index contributed by atoms with van der Waals surface area (Å²) in [6.45, 7) is 7.36. The molecule has 0 bridgehead atoms. The number of rotatable bonds is 3. The van der Waals surface area contributed by atoms with Gasteiger partial charge in [-0.2, -0.15) is 5.10 Å². The third-order valence-electron chi connectivity index (χ3n) is 4.96. The second-order valence-corrected chi connectivity index (χ2v) is 6.54. The Bertz CT molecular complexity index is 885. The van der Waals surface area contributed by atoms with Crippen molar-refractivity contribution < 1.29 is 0 Å². The first-order valence-electron chi connectivity index (χ1n) is 8.74. The second kappa shape index (κ2) is 6.29. The number of hydrazone groups is 1. The lowest BCUT2D eigenvalue weighted by Gasteiger charge is -2.30. The summed E-state index contributed by atoms with van der Waals surface area (Å²) in [6.07, 6.45) is 2.00. The van der Waals surface area contributed by atoms with Gasteiger partial charge in [-0.15, -0.1) is 0 Å². The molecule has 0 saturated carbocycles. The molecule has 0 aliphatic carbocycles. The summed E-state index contributed by atoms with van der Waals surface area (Å²) in [4.78, 5) is 2.34. The summed E-state index contributed by atoms with van der Waals surface area (Å²) in [6, 6.07) is 15.3. The smallest absolute Gasteiger partial charge is 0.0543 e. The Balaban J connectivity index is 1.69. The SMILES string of the molecule is CCn1c2ccccc2c2cc(/C=N/N3CCN(C)CC3)ccc21. The molecule has 1 saturated heterocycles. The van der Waals surface area contributed by atoms with Gasteiger partial charge in [-0.05, 0) is 37.7 Å². The van der Waals surface area contributed by atoms with Gasteiger partial charge in [-0.25, -0.2) is 0 Å². The molecule has 24 heavy (non-hydrogen) atoms. The molecule has 4 rings (SSSR count). The van der Waals surface area contributed by atoms with E-state index < -0.39 is 0 Å². The fourth-order valence-electron chi connectivity index (χ4n) is 3.55. The molecule has 1 aromatic heterocycles. The minimum Gasteiger partial charge on any atom is -0.341 e. The van der Waals surface area contributed by atoms with Crippen LogP contribution in [0.5, 0.6) is 0 Å². The summed E-state index contributed by atoms with van der Waals surface area (Å²) in [5, 5.41) is 9.48. The van der Waals surface area contributed by atoms with Crippen molar-refractivity contribution in [2.45, 2.75) is 13.5 Å². The van der Waals surface area contributed by atoms with Crippen LogP contribution in [-0.4, -0.2) is 53.9 Å². The Hall–Kier alpha value is -2.33. The van der Waals surface area contributed by atoms with E-state index >= 15 is 0 Å². The summed E-state index contributed by atoms with van der Waals surface area (Å²) in [7, 11) is 2.17. The van der Waals surface area contributed by atoms with Crippen molar-refractivity contribution in [3.8, 4) is 0 Å². The number of aromatic nitrogens is 1. The van der Waals surface area contributed by atoms with Gasteiger partial charge in [0.05, 0.1) is 6.21 Å². The monoisotopic (exact) mass is 320 g/mol. The van der Waals surface area contributed by atoms with Crippen molar-refractivity contribution in [1.29, 1.82) is 0 Å². The van der Waals surface area contributed by atoms with E-state index in [1.807, 2.05) is 6.21 Å². The van der Waals surface area contributed by atoms with Crippen LogP contribution >= 0.6 is 0 Å². The Kier molecular flexibility index (Phi) is 3.98. The number of fused-ring (bicyclic) bond motifs is 3. The number of para-hydroxylation sites is 1. The summed E-state index contributed by atoms with van der Waals surface area (Å²) in [5.41, 5.74) is 3.78. The van der Waals surface area contributed by atoms with Gasteiger partial charge in [0.25, 0.3) is 0 Å². The van der Waals surface area contributed by atoms with E-state index in [1.165, 1.54) is 27.4 Å². The van der Waals surface area contributed by atoms with E-state index in [4.69, 9.17) is 0 Å². The second-order valence-electron chi connectivity index (χ2n) is 6.54. The van der Waals surface area contributed by atoms with E-state index in [0.29, 0.717) is 0 Å². The Morgan fingerprint density at radius 1 is 0.958 bits per heavy atom. The van der Waals surface area contributed by atoms with Crippen molar-refractivity contribution >= 4 is 28.0 Å². The van der Waals surface area contributed by atoms with Crippen molar-refractivity contribution in [2.75, 3.05) is 33.2 Å². The highest BCUT2D eigenvalue weighted by atomic mass is 15.5. The number of likely N-dealkylation sites (N-methyl/N-ethyl adjacent to an activating group) is 1. The number of benzene rings is 2. The van der Waals surface area contributed by atoms with E-state index in [1.54, 1.807) is 0 Å². The molecule has 0 spiro atoms. The first-order valence-corrected chi connectivity index (χ1v) is 8.74. The molecule has 0 atom stereocenters. The van der Waals surface area contributed by atoms with E-state index in [9.17, 15) is 0 Å². The molecule has 124 valence electrons. The van der Waals surface area contributed by atoms with Gasteiger partial charge in [-0.3, -0.25) is 5.01 Å². The molecule has 4 nitrogen and oxygen atoms in total. The van der Waals surface area contributed by atoms with Crippen LogP contribution in [0.15, 0.2) is 47.6 Å². The molecule has 1 aliphatic heterocycles. The lowest BCUT2D eigenvalue weighted by molar-refractivity contribution is 0.159. The van der Waals surface area contributed by atoms with Gasteiger partial charge >= 0.3 is 0 Å². The maximum atomic E-state index is 4.68. The first-order chi connectivity index (χ1) is 11.8. The van der Waals surface area contributed by atoms with Gasteiger partial charge in [0.15, 0.2) is 0 Å². The molecule has 0 amide bonds. The van der Waals surface area contributed by atoms with E-state index in [2.05, 4.69) is 76.0 Å². The molecule has 1 aliphatic rings. The van der Waals surface area contributed by atoms with Gasteiger partial charge in [0.1, 0.15) is 0 Å². The largest absolute Gasteiger partial charge is 0.341 e. The van der Waals surface area contributed by atoms with Crippen molar-refractivity contribution in [1.82, 2.24) is 14.5 Å². The summed E-state index contributed by atoms with van der Waals surface area (Å²) >= 11 is 0. The normalized spacial score (nSPS) is 16.7. The number of piperazine rings is 1. The molecule has 0 unspecified atom stereocenters. The lowest BCUT2D eigenvalue weighted by Crippen LogP contribution is -2.41. The van der Waals surface area contributed by atoms with Crippen LogP contribution in [0.2, 0.25) is 0 Å². The number of aryl methyl sites for hydroxylation is 1. The molecule has 2 heterocycles. The van der Waals surface area contributed by atoms with Crippen molar-refractivity contribution in [2.24, 2.45) is 5.10 Å². The average Bonchev–Trinajstić information content (AvgIpc) is 2.94. The van der Waals surface area contributed by atoms with Gasteiger partial charge in [-0.1, -0.05) is 24.3 Å². The predicted molar refractivity (Wildman–Crippen MR) is 102 cm³/mol. The molecule has 4 heteroatoms. The van der Waals surface area contributed by atoms with Gasteiger partial charge < -0.3 is 9.47 Å². The fourth-order valence-corrected chi connectivity index (χ4v) is 3.55. The zero-order valence-electron chi connectivity index (χ0n) is 14.4. The predicted octanol–water partition coefficient (Wildman–Crippen LogP) is 3.40. The van der Waals surface area contributed by atoms with Crippen LogP contribution in [0.1, 0.15) is 12.5 Å². The van der Waals surface area contributed by atoms with Crippen LogP contribution in [0.25, 0.3) is 21.8 Å². The highest BCUT2D eigenvalue weighted by Crippen LogP contribution is 2.29. The average molecular weight is 320 g/mol. The van der Waals surface area contributed by atoms with Crippen LogP contribution < -0.4 is 0 Å². The zero-order chi connectivity index (χ0) is 16.5. The number of nitrogens with zero attached hydrogens (tertiary/aromatic N) is 4. The molecule has 1 fully saturated rings. The molecule has 0 N–H and O–H groups in total. The van der Waals surface area contributed by atoms with Crippen LogP contribution in [0.4, 0.5) is 0 Å². The highest BCUT2D eigenvalue weighted by molar-refractivity contribution is 6.09. The minimum absolute atomic E-state index is 0.985. The Morgan fingerprint density at radius 3 is 2.50 bits per heavy atom. The van der Waals surface area contributed by atoms with Gasteiger partial charge in [0, 0.05) is 54.5 Å². The zero-order valence-corrected chi connectivity index (χ0v) is 14.4. The molecular weight excluding hydrogens is 296 g/mol. The Labute approximate surface area is 143 Å². The Morgan fingerprint density at radius 2 is 1.71 bits per heavy atom. The molecule has 2 aromatic carbocycles. The van der Waals surface area contributed by atoms with E-state index in [0.717, 1.165) is 32.7 Å². The third-order valence-corrected chi connectivity index (χ3v) is 4.96. The van der Waals surface area contributed by atoms with Crippen LogP contribution in [0, 0.1) is 0 Å². The minimum atomic E-state index is 0.985. The maximum Gasteiger partial charge on any atom is 0.0543 e. The maximum absolute atomic E-state index is 4.68. The number of hydrogen-bond donors (Lipinski definition) is 0. The topological polar surface area (TPSA) is 23.8 Å². The number of hydrogen-bond acceptors (Lipinski definition) is 3. The first kappa shape index (κ1) is 15.2.